The summed E-state index contributed by atoms with van der Waals surface area (Å²) in [6, 6.07) is 5.71. The molecule has 8 nitrogen and oxygen atoms in total. The van der Waals surface area contributed by atoms with Crippen LogP contribution in [0.5, 0.6) is 0 Å². The number of carbonyl (C=O) groups is 1. The Morgan fingerprint density at radius 2 is 2.08 bits per heavy atom. The fraction of sp³-hybridized carbons (Fsp3) is 0.353. The van der Waals surface area contributed by atoms with E-state index in [9.17, 15) is 4.79 Å². The van der Waals surface area contributed by atoms with Crippen LogP contribution in [0, 0.1) is 13.8 Å². The number of hydrogen-bond donors (Lipinski definition) is 2. The summed E-state index contributed by atoms with van der Waals surface area (Å²) in [5.41, 5.74) is 2.94. The number of aryl methyl sites for hydroxylation is 3. The topological polar surface area (TPSA) is 101 Å². The number of aromatic amines is 1. The highest BCUT2D eigenvalue weighted by Crippen LogP contribution is 2.12. The maximum atomic E-state index is 11.9. The number of amides is 1. The van der Waals surface area contributed by atoms with E-state index in [4.69, 9.17) is 0 Å². The number of hydrogen-bond acceptors (Lipinski definition) is 5. The molecular weight excluding hydrogens is 318 g/mol. The molecule has 3 rings (SSSR count). The third-order valence-electron chi connectivity index (χ3n) is 3.81. The molecule has 0 aliphatic heterocycles. The fourth-order valence-electron chi connectivity index (χ4n) is 2.55. The Bertz CT molecular complexity index is 838. The molecule has 25 heavy (non-hydrogen) atoms. The van der Waals surface area contributed by atoms with E-state index in [1.807, 2.05) is 36.7 Å². The molecule has 0 saturated carbocycles. The van der Waals surface area contributed by atoms with Gasteiger partial charge in [0.2, 0.25) is 5.91 Å². The summed E-state index contributed by atoms with van der Waals surface area (Å²) >= 11 is 0. The Kier molecular flexibility index (Phi) is 5.17. The molecule has 0 bridgehead atoms. The molecule has 0 saturated heterocycles. The fourth-order valence-corrected chi connectivity index (χ4v) is 2.55. The number of rotatable bonds is 7. The highest BCUT2D eigenvalue weighted by Gasteiger charge is 2.08. The highest BCUT2D eigenvalue weighted by atomic mass is 16.1. The van der Waals surface area contributed by atoms with Gasteiger partial charge in [-0.25, -0.2) is 4.98 Å². The summed E-state index contributed by atoms with van der Waals surface area (Å²) in [4.78, 5) is 20.3. The van der Waals surface area contributed by atoms with Crippen LogP contribution in [0.3, 0.4) is 0 Å². The van der Waals surface area contributed by atoms with Crippen LogP contribution in [0.25, 0.3) is 11.4 Å². The normalized spacial score (nSPS) is 10.8. The molecule has 0 spiro atoms. The number of nitrogens with zero attached hydrogens (tertiary/aromatic N) is 5. The molecular formula is C17H21N7O. The number of H-pyrrole nitrogens is 1. The molecule has 3 aromatic rings. The van der Waals surface area contributed by atoms with Gasteiger partial charge in [-0.15, -0.1) is 0 Å². The van der Waals surface area contributed by atoms with Gasteiger partial charge in [0, 0.05) is 49.6 Å². The second kappa shape index (κ2) is 7.69. The summed E-state index contributed by atoms with van der Waals surface area (Å²) in [6.45, 7) is 5.03. The van der Waals surface area contributed by atoms with E-state index in [0.717, 1.165) is 22.8 Å². The standard InChI is InChI=1S/C17H21N7O/c1-12-11-13(2)24(23-12)10-6-16(25)19-9-5-15-20-17(22-21-15)14-3-7-18-8-4-14/h3-4,7-8,11H,5-6,9-10H2,1-2H3,(H,19,25)(H,20,21,22). The number of aromatic nitrogens is 6. The van der Waals surface area contributed by atoms with Crippen LogP contribution < -0.4 is 5.32 Å². The Labute approximate surface area is 145 Å². The molecule has 0 atom stereocenters. The van der Waals surface area contributed by atoms with Crippen molar-refractivity contribution in [3.63, 3.8) is 0 Å². The van der Waals surface area contributed by atoms with Crippen LogP contribution >= 0.6 is 0 Å². The van der Waals surface area contributed by atoms with Gasteiger partial charge in [-0.3, -0.25) is 19.6 Å². The molecule has 0 fully saturated rings. The van der Waals surface area contributed by atoms with Crippen LogP contribution in [-0.2, 0) is 17.8 Å². The summed E-state index contributed by atoms with van der Waals surface area (Å²) in [5, 5.41) is 14.3. The van der Waals surface area contributed by atoms with Gasteiger partial charge >= 0.3 is 0 Å². The lowest BCUT2D eigenvalue weighted by Crippen LogP contribution is -2.27. The van der Waals surface area contributed by atoms with Crippen molar-refractivity contribution in [2.45, 2.75) is 33.2 Å². The first-order chi connectivity index (χ1) is 12.1. The van der Waals surface area contributed by atoms with E-state index in [-0.39, 0.29) is 5.91 Å². The zero-order valence-electron chi connectivity index (χ0n) is 14.4. The second-order valence-corrected chi connectivity index (χ2v) is 5.84. The number of carbonyl (C=O) groups excluding carboxylic acids is 1. The third-order valence-corrected chi connectivity index (χ3v) is 3.81. The maximum Gasteiger partial charge on any atom is 0.221 e. The van der Waals surface area contributed by atoms with Crippen molar-refractivity contribution in [1.29, 1.82) is 0 Å². The molecule has 0 unspecified atom stereocenters. The van der Waals surface area contributed by atoms with Crippen LogP contribution in [0.15, 0.2) is 30.6 Å². The van der Waals surface area contributed by atoms with E-state index in [1.165, 1.54) is 0 Å². The first-order valence-corrected chi connectivity index (χ1v) is 8.21. The first-order valence-electron chi connectivity index (χ1n) is 8.21. The van der Waals surface area contributed by atoms with Gasteiger partial charge in [-0.2, -0.15) is 10.2 Å². The minimum atomic E-state index is 0.00132. The Hall–Kier alpha value is -3.03. The first kappa shape index (κ1) is 16.8. The van der Waals surface area contributed by atoms with Gasteiger partial charge in [-0.1, -0.05) is 0 Å². The van der Waals surface area contributed by atoms with E-state index in [1.54, 1.807) is 12.4 Å². The summed E-state index contributed by atoms with van der Waals surface area (Å²) < 4.78 is 1.85. The zero-order chi connectivity index (χ0) is 17.6. The molecule has 0 radical (unpaired) electrons. The van der Waals surface area contributed by atoms with E-state index < -0.39 is 0 Å². The monoisotopic (exact) mass is 339 g/mol. The molecule has 0 aliphatic rings. The van der Waals surface area contributed by atoms with Crippen molar-refractivity contribution in [3.05, 3.63) is 47.8 Å². The van der Waals surface area contributed by atoms with Gasteiger partial charge in [0.05, 0.1) is 5.69 Å². The maximum absolute atomic E-state index is 11.9. The third kappa shape index (κ3) is 4.50. The Morgan fingerprint density at radius 1 is 1.28 bits per heavy atom. The van der Waals surface area contributed by atoms with Gasteiger partial charge in [0.1, 0.15) is 5.82 Å². The van der Waals surface area contributed by atoms with Crippen LogP contribution in [-0.4, -0.2) is 42.4 Å². The molecule has 0 aliphatic carbocycles. The van der Waals surface area contributed by atoms with Gasteiger partial charge in [0.15, 0.2) is 5.82 Å². The molecule has 130 valence electrons. The van der Waals surface area contributed by atoms with Crippen LogP contribution in [0.2, 0.25) is 0 Å². The molecule has 1 amide bonds. The smallest absolute Gasteiger partial charge is 0.221 e. The second-order valence-electron chi connectivity index (χ2n) is 5.84. The SMILES string of the molecule is Cc1cc(C)n(CCC(=O)NCCc2nc(-c3ccncc3)n[nH]2)n1. The largest absolute Gasteiger partial charge is 0.356 e. The van der Waals surface area contributed by atoms with Crippen molar-refractivity contribution in [2.24, 2.45) is 0 Å². The van der Waals surface area contributed by atoms with E-state index in [0.29, 0.717) is 31.8 Å². The average molecular weight is 339 g/mol. The predicted molar refractivity (Wildman–Crippen MR) is 92.6 cm³/mol. The minimum absolute atomic E-state index is 0.00132. The lowest BCUT2D eigenvalue weighted by atomic mass is 10.2. The zero-order valence-corrected chi connectivity index (χ0v) is 14.4. The predicted octanol–water partition coefficient (Wildman–Crippen LogP) is 1.43. The number of nitrogens with one attached hydrogen (secondary N) is 2. The molecule has 2 N–H and O–H groups in total. The molecule has 8 heteroatoms. The van der Waals surface area contributed by atoms with Gasteiger partial charge in [0.25, 0.3) is 0 Å². The molecule has 3 heterocycles. The Balaban J connectivity index is 1.43. The van der Waals surface area contributed by atoms with Crippen molar-refractivity contribution in [2.75, 3.05) is 6.54 Å². The summed E-state index contributed by atoms with van der Waals surface area (Å²) in [5.74, 6) is 1.38. The highest BCUT2D eigenvalue weighted by molar-refractivity contribution is 5.75. The van der Waals surface area contributed by atoms with Gasteiger partial charge < -0.3 is 5.32 Å². The van der Waals surface area contributed by atoms with Gasteiger partial charge in [-0.05, 0) is 32.0 Å². The summed E-state index contributed by atoms with van der Waals surface area (Å²) in [6.07, 6.45) is 4.41. The van der Waals surface area contributed by atoms with E-state index in [2.05, 4.69) is 30.6 Å². The lowest BCUT2D eigenvalue weighted by molar-refractivity contribution is -0.121. The van der Waals surface area contributed by atoms with E-state index >= 15 is 0 Å². The molecule has 0 aromatic carbocycles. The minimum Gasteiger partial charge on any atom is -0.356 e. The lowest BCUT2D eigenvalue weighted by Gasteiger charge is -2.05. The van der Waals surface area contributed by atoms with Crippen molar-refractivity contribution in [1.82, 2.24) is 35.3 Å². The van der Waals surface area contributed by atoms with Crippen LogP contribution in [0.4, 0.5) is 0 Å². The Morgan fingerprint density at radius 3 is 2.80 bits per heavy atom. The van der Waals surface area contributed by atoms with Crippen molar-refractivity contribution in [3.8, 4) is 11.4 Å². The molecule has 3 aromatic heterocycles. The average Bonchev–Trinajstić information content (AvgIpc) is 3.20. The number of pyridine rings is 1. The van der Waals surface area contributed by atoms with Crippen molar-refractivity contribution < 1.29 is 4.79 Å². The quantitative estimate of drug-likeness (QED) is 0.678. The van der Waals surface area contributed by atoms with Crippen molar-refractivity contribution >= 4 is 5.91 Å². The van der Waals surface area contributed by atoms with Crippen LogP contribution in [0.1, 0.15) is 23.6 Å². The summed E-state index contributed by atoms with van der Waals surface area (Å²) in [7, 11) is 0.